The van der Waals surface area contributed by atoms with E-state index < -0.39 is 0 Å². The highest BCUT2D eigenvalue weighted by molar-refractivity contribution is 7.08. The molecule has 1 amide bonds. The molecule has 5 nitrogen and oxygen atoms in total. The molecule has 25 heavy (non-hydrogen) atoms. The van der Waals surface area contributed by atoms with Crippen LogP contribution in [-0.4, -0.2) is 50.2 Å². The highest BCUT2D eigenvalue weighted by atomic mass is 32.1. The molecule has 132 valence electrons. The molecule has 0 atom stereocenters. The Morgan fingerprint density at radius 1 is 1.20 bits per heavy atom. The van der Waals surface area contributed by atoms with Gasteiger partial charge in [0.1, 0.15) is 11.5 Å². The zero-order chi connectivity index (χ0) is 17.3. The normalized spacial score (nSPS) is 15.4. The predicted molar refractivity (Wildman–Crippen MR) is 100 cm³/mol. The molecule has 1 aliphatic rings. The van der Waals surface area contributed by atoms with Gasteiger partial charge >= 0.3 is 0 Å². The highest BCUT2D eigenvalue weighted by Crippen LogP contribution is 2.23. The fraction of sp³-hybridized carbons (Fsp3) is 0.316. The quantitative estimate of drug-likeness (QED) is 0.773. The number of hydrogen-bond donors (Lipinski definition) is 1. The van der Waals surface area contributed by atoms with E-state index in [0.29, 0.717) is 6.54 Å². The Morgan fingerprint density at radius 2 is 2.00 bits per heavy atom. The number of thiophene rings is 1. The van der Waals surface area contributed by atoms with Crippen molar-refractivity contribution in [3.8, 4) is 11.5 Å². The lowest BCUT2D eigenvalue weighted by Gasteiger charge is -2.26. The van der Waals surface area contributed by atoms with Gasteiger partial charge in [-0.05, 0) is 35.2 Å². The van der Waals surface area contributed by atoms with E-state index in [4.69, 9.17) is 9.47 Å². The van der Waals surface area contributed by atoms with Crippen molar-refractivity contribution >= 4 is 23.3 Å². The van der Waals surface area contributed by atoms with Crippen LogP contribution in [0, 0.1) is 0 Å². The number of benzene rings is 1. The van der Waals surface area contributed by atoms with Crippen molar-refractivity contribution in [1.82, 2.24) is 10.2 Å². The summed E-state index contributed by atoms with van der Waals surface area (Å²) < 4.78 is 11.0. The third-order valence-corrected chi connectivity index (χ3v) is 4.53. The highest BCUT2D eigenvalue weighted by Gasteiger charge is 2.09. The standard InChI is InChI=1S/C19H22N2O3S/c22-19(20-8-9-21-10-12-23-13-11-21)6-3-16-1-4-17(5-2-16)24-18-7-14-25-15-18/h1-7,14-15H,8-13H2,(H,20,22)/b6-3+. The molecule has 1 aliphatic heterocycles. The van der Waals surface area contributed by atoms with Gasteiger partial charge in [0.2, 0.25) is 5.91 Å². The second-order valence-electron chi connectivity index (χ2n) is 5.71. The number of carbonyl (C=O) groups excluding carboxylic acids is 1. The molecule has 0 spiro atoms. The Kier molecular flexibility index (Phi) is 6.62. The van der Waals surface area contributed by atoms with Crippen LogP contribution in [0.4, 0.5) is 0 Å². The minimum Gasteiger partial charge on any atom is -0.457 e. The van der Waals surface area contributed by atoms with Gasteiger partial charge in [-0.1, -0.05) is 12.1 Å². The minimum absolute atomic E-state index is 0.0770. The summed E-state index contributed by atoms with van der Waals surface area (Å²) in [5.74, 6) is 1.55. The van der Waals surface area contributed by atoms with Crippen LogP contribution in [0.1, 0.15) is 5.56 Å². The molecule has 2 aromatic rings. The van der Waals surface area contributed by atoms with Gasteiger partial charge in [-0.3, -0.25) is 9.69 Å². The number of ether oxygens (including phenoxy) is 2. The Hall–Kier alpha value is -2.15. The Labute approximate surface area is 151 Å². The summed E-state index contributed by atoms with van der Waals surface area (Å²) in [7, 11) is 0. The number of amides is 1. The molecular weight excluding hydrogens is 336 g/mol. The summed E-state index contributed by atoms with van der Waals surface area (Å²) in [6, 6.07) is 9.58. The molecule has 6 heteroatoms. The summed E-state index contributed by atoms with van der Waals surface area (Å²) in [6.07, 6.45) is 3.37. The maximum absolute atomic E-state index is 11.9. The van der Waals surface area contributed by atoms with Crippen molar-refractivity contribution in [3.05, 3.63) is 52.7 Å². The molecule has 2 heterocycles. The van der Waals surface area contributed by atoms with Crippen molar-refractivity contribution in [2.24, 2.45) is 0 Å². The van der Waals surface area contributed by atoms with E-state index in [1.54, 1.807) is 23.5 Å². The molecule has 3 rings (SSSR count). The van der Waals surface area contributed by atoms with Crippen molar-refractivity contribution in [2.45, 2.75) is 0 Å². The zero-order valence-corrected chi connectivity index (χ0v) is 14.8. The van der Waals surface area contributed by atoms with Crippen LogP contribution in [0.2, 0.25) is 0 Å². The third-order valence-electron chi connectivity index (χ3n) is 3.87. The van der Waals surface area contributed by atoms with E-state index in [9.17, 15) is 4.79 Å². The van der Waals surface area contributed by atoms with Crippen LogP contribution in [-0.2, 0) is 9.53 Å². The fourth-order valence-corrected chi connectivity index (χ4v) is 3.04. The van der Waals surface area contributed by atoms with Crippen LogP contribution in [0.15, 0.2) is 47.2 Å². The van der Waals surface area contributed by atoms with Gasteiger partial charge in [0.05, 0.1) is 13.2 Å². The SMILES string of the molecule is O=C(/C=C/c1ccc(Oc2ccsc2)cc1)NCCN1CCOCC1. The van der Waals surface area contributed by atoms with Crippen LogP contribution < -0.4 is 10.1 Å². The maximum Gasteiger partial charge on any atom is 0.244 e. The molecule has 1 N–H and O–H groups in total. The van der Waals surface area contributed by atoms with E-state index >= 15 is 0 Å². The molecule has 0 unspecified atom stereocenters. The molecule has 1 aromatic carbocycles. The van der Waals surface area contributed by atoms with Crippen molar-refractivity contribution in [2.75, 3.05) is 39.4 Å². The van der Waals surface area contributed by atoms with E-state index in [-0.39, 0.29) is 5.91 Å². The van der Waals surface area contributed by atoms with Crippen LogP contribution in [0.5, 0.6) is 11.5 Å². The average Bonchev–Trinajstić information content (AvgIpc) is 3.15. The van der Waals surface area contributed by atoms with E-state index in [1.165, 1.54) is 0 Å². The van der Waals surface area contributed by atoms with Gasteiger partial charge in [0, 0.05) is 37.6 Å². The van der Waals surface area contributed by atoms with Gasteiger partial charge in [0.15, 0.2) is 0 Å². The summed E-state index contributed by atoms with van der Waals surface area (Å²) in [5.41, 5.74) is 0.959. The molecule has 0 aliphatic carbocycles. The first-order chi connectivity index (χ1) is 12.3. The first-order valence-corrected chi connectivity index (χ1v) is 9.30. The zero-order valence-electron chi connectivity index (χ0n) is 14.0. The molecule has 1 saturated heterocycles. The third kappa shape index (κ3) is 6.01. The Balaban J connectivity index is 1.40. The summed E-state index contributed by atoms with van der Waals surface area (Å²) in [5, 5.41) is 6.84. The number of nitrogens with one attached hydrogen (secondary N) is 1. The smallest absolute Gasteiger partial charge is 0.244 e. The second kappa shape index (κ2) is 9.36. The number of rotatable bonds is 7. The molecule has 0 saturated carbocycles. The predicted octanol–water partition coefficient (Wildman–Crippen LogP) is 3.00. The molecular formula is C19H22N2O3S. The molecule has 1 fully saturated rings. The monoisotopic (exact) mass is 358 g/mol. The first kappa shape index (κ1) is 17.7. The van der Waals surface area contributed by atoms with Crippen molar-refractivity contribution < 1.29 is 14.3 Å². The van der Waals surface area contributed by atoms with Gasteiger partial charge < -0.3 is 14.8 Å². The lowest BCUT2D eigenvalue weighted by Crippen LogP contribution is -2.41. The minimum atomic E-state index is -0.0770. The number of nitrogens with zero attached hydrogens (tertiary/aromatic N) is 1. The van der Waals surface area contributed by atoms with Gasteiger partial charge in [-0.2, -0.15) is 0 Å². The van der Waals surface area contributed by atoms with Crippen molar-refractivity contribution in [1.29, 1.82) is 0 Å². The van der Waals surface area contributed by atoms with Crippen LogP contribution >= 0.6 is 11.3 Å². The topological polar surface area (TPSA) is 50.8 Å². The second-order valence-corrected chi connectivity index (χ2v) is 6.49. The van der Waals surface area contributed by atoms with E-state index in [1.807, 2.05) is 41.1 Å². The van der Waals surface area contributed by atoms with Gasteiger partial charge in [-0.15, -0.1) is 11.3 Å². The number of carbonyl (C=O) groups is 1. The van der Waals surface area contributed by atoms with Gasteiger partial charge in [0.25, 0.3) is 0 Å². The first-order valence-electron chi connectivity index (χ1n) is 8.36. The summed E-state index contributed by atoms with van der Waals surface area (Å²) >= 11 is 1.60. The summed E-state index contributed by atoms with van der Waals surface area (Å²) in [6.45, 7) is 4.94. The lowest BCUT2D eigenvalue weighted by atomic mass is 10.2. The van der Waals surface area contributed by atoms with E-state index in [2.05, 4.69) is 10.2 Å². The maximum atomic E-state index is 11.9. The van der Waals surface area contributed by atoms with E-state index in [0.717, 1.165) is 49.9 Å². The number of morpholine rings is 1. The average molecular weight is 358 g/mol. The Morgan fingerprint density at radius 3 is 2.72 bits per heavy atom. The molecule has 1 aromatic heterocycles. The summed E-state index contributed by atoms with van der Waals surface area (Å²) in [4.78, 5) is 14.2. The largest absolute Gasteiger partial charge is 0.457 e. The fourth-order valence-electron chi connectivity index (χ4n) is 2.49. The number of hydrogen-bond acceptors (Lipinski definition) is 5. The van der Waals surface area contributed by atoms with Crippen LogP contribution in [0.25, 0.3) is 6.08 Å². The Bertz CT molecular complexity index is 677. The van der Waals surface area contributed by atoms with Crippen molar-refractivity contribution in [3.63, 3.8) is 0 Å². The van der Waals surface area contributed by atoms with Gasteiger partial charge in [-0.25, -0.2) is 0 Å². The molecule has 0 bridgehead atoms. The van der Waals surface area contributed by atoms with Crippen LogP contribution in [0.3, 0.4) is 0 Å². The molecule has 0 radical (unpaired) electrons. The lowest BCUT2D eigenvalue weighted by molar-refractivity contribution is -0.116.